The summed E-state index contributed by atoms with van der Waals surface area (Å²) in [5.41, 5.74) is 2.23. The molecule has 110 valence electrons. The predicted octanol–water partition coefficient (Wildman–Crippen LogP) is 2.27. The molecule has 1 aromatic rings. The topological polar surface area (TPSA) is 53.2 Å². The Kier molecular flexibility index (Phi) is 4.36. The van der Waals surface area contributed by atoms with Crippen molar-refractivity contribution in [2.75, 3.05) is 18.4 Å². The summed E-state index contributed by atoms with van der Waals surface area (Å²) in [4.78, 5) is 11.2. The fourth-order valence-electron chi connectivity index (χ4n) is 2.11. The molecule has 0 aromatic heterocycles. The van der Waals surface area contributed by atoms with Crippen LogP contribution in [-0.4, -0.2) is 31.3 Å². The van der Waals surface area contributed by atoms with Crippen LogP contribution in [0.3, 0.4) is 0 Å². The van der Waals surface area contributed by atoms with E-state index in [0.717, 1.165) is 18.5 Å². The number of nitrogens with one attached hydrogen (secondary N) is 3. The number of anilines is 1. The zero-order valence-corrected chi connectivity index (χ0v) is 10.8. The largest absolute Gasteiger partial charge is 0.405 e. The van der Waals surface area contributed by atoms with Gasteiger partial charge in [-0.25, -0.2) is 4.79 Å². The first-order chi connectivity index (χ1) is 9.44. The van der Waals surface area contributed by atoms with Gasteiger partial charge in [0.1, 0.15) is 6.54 Å². The molecule has 4 nitrogen and oxygen atoms in total. The number of urea groups is 1. The van der Waals surface area contributed by atoms with Crippen molar-refractivity contribution in [1.82, 2.24) is 10.6 Å². The fourth-order valence-corrected chi connectivity index (χ4v) is 2.11. The van der Waals surface area contributed by atoms with Crippen LogP contribution in [-0.2, 0) is 6.42 Å². The van der Waals surface area contributed by atoms with Crippen molar-refractivity contribution in [3.05, 3.63) is 29.8 Å². The Labute approximate surface area is 114 Å². The number of halogens is 3. The van der Waals surface area contributed by atoms with Crippen molar-refractivity contribution in [1.29, 1.82) is 0 Å². The highest BCUT2D eigenvalue weighted by molar-refractivity contribution is 5.74. The number of para-hydroxylation sites is 1. The van der Waals surface area contributed by atoms with Gasteiger partial charge in [0.2, 0.25) is 0 Å². The number of amides is 2. The summed E-state index contributed by atoms with van der Waals surface area (Å²) >= 11 is 0. The normalized spacial score (nSPS) is 17.9. The zero-order chi connectivity index (χ0) is 14.6. The molecule has 7 heteroatoms. The van der Waals surface area contributed by atoms with E-state index >= 15 is 0 Å². The molecule has 2 rings (SSSR count). The first-order valence-corrected chi connectivity index (χ1v) is 6.37. The van der Waals surface area contributed by atoms with Crippen LogP contribution in [0, 0.1) is 0 Å². The maximum absolute atomic E-state index is 11.9. The van der Waals surface area contributed by atoms with Crippen LogP contribution in [0.1, 0.15) is 12.0 Å². The zero-order valence-electron chi connectivity index (χ0n) is 10.8. The fraction of sp³-hybridized carbons (Fsp3) is 0.462. The number of fused-ring (bicyclic) bond motifs is 1. The molecule has 3 N–H and O–H groups in total. The lowest BCUT2D eigenvalue weighted by atomic mass is 9.98. The standard InChI is InChI=1S/C13H16F3N3O/c14-13(15,16)8-18-12(20)17-7-10-6-5-9-3-1-2-4-11(9)19-10/h1-4,10,19H,5-8H2,(H2,17,18,20)/t10-/m0/s1. The third kappa shape index (κ3) is 4.32. The number of rotatable bonds is 3. The van der Waals surface area contributed by atoms with E-state index in [0.29, 0.717) is 0 Å². The monoisotopic (exact) mass is 287 g/mol. The van der Waals surface area contributed by atoms with Crippen LogP contribution in [0.4, 0.5) is 23.7 Å². The van der Waals surface area contributed by atoms with Crippen LogP contribution >= 0.6 is 0 Å². The Balaban J connectivity index is 1.75. The quantitative estimate of drug-likeness (QED) is 0.799. The van der Waals surface area contributed by atoms with Gasteiger partial charge in [-0.3, -0.25) is 0 Å². The van der Waals surface area contributed by atoms with Gasteiger partial charge in [-0.05, 0) is 24.5 Å². The van der Waals surface area contributed by atoms with Crippen molar-refractivity contribution >= 4 is 11.7 Å². The van der Waals surface area contributed by atoms with E-state index in [1.54, 1.807) is 5.32 Å². The number of benzene rings is 1. The summed E-state index contributed by atoms with van der Waals surface area (Å²) in [6.07, 6.45) is -2.67. The Hall–Kier alpha value is -1.92. The van der Waals surface area contributed by atoms with E-state index in [9.17, 15) is 18.0 Å². The third-order valence-electron chi connectivity index (χ3n) is 3.10. The van der Waals surface area contributed by atoms with Crippen molar-refractivity contribution in [3.8, 4) is 0 Å². The lowest BCUT2D eigenvalue weighted by Crippen LogP contribution is -2.45. The maximum Gasteiger partial charge on any atom is 0.405 e. The van der Waals surface area contributed by atoms with E-state index in [2.05, 4.69) is 10.6 Å². The SMILES string of the molecule is O=C(NC[C@@H]1CCc2ccccc2N1)NCC(F)(F)F. The second kappa shape index (κ2) is 6.02. The van der Waals surface area contributed by atoms with Crippen molar-refractivity contribution in [3.63, 3.8) is 0 Å². The predicted molar refractivity (Wildman–Crippen MR) is 69.6 cm³/mol. The summed E-state index contributed by atoms with van der Waals surface area (Å²) in [6.45, 7) is -1.03. The van der Waals surface area contributed by atoms with Crippen LogP contribution in [0.2, 0.25) is 0 Å². The van der Waals surface area contributed by atoms with E-state index in [-0.39, 0.29) is 12.6 Å². The van der Waals surface area contributed by atoms with E-state index in [1.807, 2.05) is 24.3 Å². The molecule has 20 heavy (non-hydrogen) atoms. The van der Waals surface area contributed by atoms with E-state index in [4.69, 9.17) is 0 Å². The van der Waals surface area contributed by atoms with Crippen LogP contribution in [0.5, 0.6) is 0 Å². The molecular weight excluding hydrogens is 271 g/mol. The molecular formula is C13H16F3N3O. The Morgan fingerprint density at radius 1 is 1.30 bits per heavy atom. The molecule has 2 amide bonds. The van der Waals surface area contributed by atoms with Gasteiger partial charge in [0.25, 0.3) is 0 Å². The van der Waals surface area contributed by atoms with Crippen molar-refractivity contribution in [2.45, 2.75) is 25.1 Å². The number of hydrogen-bond acceptors (Lipinski definition) is 2. The van der Waals surface area contributed by atoms with Gasteiger partial charge in [0.15, 0.2) is 0 Å². The summed E-state index contributed by atoms with van der Waals surface area (Å²) < 4.78 is 35.8. The summed E-state index contributed by atoms with van der Waals surface area (Å²) in [7, 11) is 0. The molecule has 1 aliphatic rings. The molecule has 1 aromatic carbocycles. The summed E-state index contributed by atoms with van der Waals surface area (Å²) in [6, 6.07) is 7.08. The van der Waals surface area contributed by atoms with Gasteiger partial charge < -0.3 is 16.0 Å². The maximum atomic E-state index is 11.9. The molecule has 0 fully saturated rings. The number of carbonyl (C=O) groups is 1. The minimum absolute atomic E-state index is 0.0292. The average molecular weight is 287 g/mol. The molecule has 0 bridgehead atoms. The molecule has 1 atom stereocenters. The van der Waals surface area contributed by atoms with Gasteiger partial charge in [-0.2, -0.15) is 13.2 Å². The highest BCUT2D eigenvalue weighted by Crippen LogP contribution is 2.23. The van der Waals surface area contributed by atoms with Crippen LogP contribution < -0.4 is 16.0 Å². The number of carbonyl (C=O) groups excluding carboxylic acids is 1. The third-order valence-corrected chi connectivity index (χ3v) is 3.10. The van der Waals surface area contributed by atoms with Crippen LogP contribution in [0.25, 0.3) is 0 Å². The van der Waals surface area contributed by atoms with Gasteiger partial charge in [-0.1, -0.05) is 18.2 Å². The number of alkyl halides is 3. The van der Waals surface area contributed by atoms with E-state index in [1.165, 1.54) is 5.56 Å². The summed E-state index contributed by atoms with van der Waals surface area (Å²) in [5.74, 6) is 0. The number of aryl methyl sites for hydroxylation is 1. The van der Waals surface area contributed by atoms with Crippen LogP contribution in [0.15, 0.2) is 24.3 Å². The Bertz CT molecular complexity index is 476. The van der Waals surface area contributed by atoms with E-state index < -0.39 is 18.8 Å². The molecule has 0 radical (unpaired) electrons. The highest BCUT2D eigenvalue weighted by Gasteiger charge is 2.27. The smallest absolute Gasteiger partial charge is 0.380 e. The first kappa shape index (κ1) is 14.5. The molecule has 0 unspecified atom stereocenters. The molecule has 1 aliphatic heterocycles. The highest BCUT2D eigenvalue weighted by atomic mass is 19.4. The van der Waals surface area contributed by atoms with Gasteiger partial charge >= 0.3 is 12.2 Å². The summed E-state index contributed by atoms with van der Waals surface area (Å²) in [5, 5.41) is 7.48. The molecule has 1 heterocycles. The Morgan fingerprint density at radius 3 is 2.80 bits per heavy atom. The molecule has 0 saturated carbocycles. The van der Waals surface area contributed by atoms with Crippen molar-refractivity contribution in [2.24, 2.45) is 0 Å². The average Bonchev–Trinajstić information content (AvgIpc) is 2.42. The minimum Gasteiger partial charge on any atom is -0.380 e. The number of hydrogen-bond donors (Lipinski definition) is 3. The molecule has 0 spiro atoms. The first-order valence-electron chi connectivity index (χ1n) is 6.37. The second-order valence-corrected chi connectivity index (χ2v) is 4.72. The van der Waals surface area contributed by atoms with Crippen molar-refractivity contribution < 1.29 is 18.0 Å². The Morgan fingerprint density at radius 2 is 2.05 bits per heavy atom. The van der Waals surface area contributed by atoms with Gasteiger partial charge in [-0.15, -0.1) is 0 Å². The molecule has 0 saturated heterocycles. The molecule has 0 aliphatic carbocycles. The lowest BCUT2D eigenvalue weighted by Gasteiger charge is -2.27. The second-order valence-electron chi connectivity index (χ2n) is 4.72. The van der Waals surface area contributed by atoms with Gasteiger partial charge in [0.05, 0.1) is 0 Å². The lowest BCUT2D eigenvalue weighted by molar-refractivity contribution is -0.122. The van der Waals surface area contributed by atoms with Gasteiger partial charge in [0, 0.05) is 18.3 Å². The minimum atomic E-state index is -4.39.